The Labute approximate surface area is 138 Å². The fourth-order valence-electron chi connectivity index (χ4n) is 2.45. The van der Waals surface area contributed by atoms with Gasteiger partial charge in [0.25, 0.3) is 0 Å². The lowest BCUT2D eigenvalue weighted by Gasteiger charge is -2.29. The van der Waals surface area contributed by atoms with Gasteiger partial charge < -0.3 is 10.6 Å². The van der Waals surface area contributed by atoms with E-state index in [2.05, 4.69) is 29.7 Å². The van der Waals surface area contributed by atoms with Gasteiger partial charge in [-0.2, -0.15) is 0 Å². The van der Waals surface area contributed by atoms with E-state index >= 15 is 0 Å². The number of nitrogens with one attached hydrogen (secondary N) is 2. The summed E-state index contributed by atoms with van der Waals surface area (Å²) in [5.41, 5.74) is 1.27. The molecule has 1 amide bonds. The average Bonchev–Trinajstić information content (AvgIpc) is 2.46. The Balaban J connectivity index is 0.00000220. The molecular weight excluding hydrogens is 304 g/mol. The lowest BCUT2D eigenvalue weighted by atomic mass is 10.0. The van der Waals surface area contributed by atoms with E-state index in [1.807, 2.05) is 25.1 Å². The zero-order valence-corrected chi connectivity index (χ0v) is 14.3. The van der Waals surface area contributed by atoms with E-state index in [1.165, 1.54) is 5.56 Å². The van der Waals surface area contributed by atoms with E-state index in [0.717, 1.165) is 25.1 Å². The van der Waals surface area contributed by atoms with Crippen molar-refractivity contribution in [1.29, 1.82) is 0 Å². The molecule has 118 valence electrons. The second-order valence-electron chi connectivity index (χ2n) is 5.52. The monoisotopic (exact) mass is 328 g/mol. The van der Waals surface area contributed by atoms with Crippen LogP contribution in [0.3, 0.4) is 0 Å². The van der Waals surface area contributed by atoms with Crippen molar-refractivity contribution >= 4 is 30.1 Å². The van der Waals surface area contributed by atoms with E-state index in [4.69, 9.17) is 0 Å². The van der Waals surface area contributed by atoms with Crippen molar-refractivity contribution < 1.29 is 4.79 Å². The van der Waals surface area contributed by atoms with Crippen molar-refractivity contribution in [2.75, 3.05) is 6.54 Å². The standard InChI is InChI=1S/C16H24N2OS.ClH/c1-12-10-15(8-9-17-12)18-16(19)13(2)20-11-14-6-4-3-5-7-14;/h3-7,12-13,15,17H,8-11H2,1-2H3,(H,18,19);1H. The molecule has 1 aromatic carbocycles. The van der Waals surface area contributed by atoms with Crippen LogP contribution in [0, 0.1) is 0 Å². The lowest BCUT2D eigenvalue weighted by Crippen LogP contribution is -2.48. The first-order chi connectivity index (χ1) is 9.65. The van der Waals surface area contributed by atoms with E-state index in [1.54, 1.807) is 11.8 Å². The van der Waals surface area contributed by atoms with Crippen molar-refractivity contribution in [3.63, 3.8) is 0 Å². The molecule has 0 aromatic heterocycles. The largest absolute Gasteiger partial charge is 0.352 e. The molecule has 2 rings (SSSR count). The Morgan fingerprint density at radius 3 is 2.81 bits per heavy atom. The third kappa shape index (κ3) is 6.29. The molecular formula is C16H25ClN2OS. The minimum Gasteiger partial charge on any atom is -0.352 e. The summed E-state index contributed by atoms with van der Waals surface area (Å²) >= 11 is 1.70. The second kappa shape index (κ2) is 9.34. The van der Waals surface area contributed by atoms with Crippen LogP contribution in [0.5, 0.6) is 0 Å². The zero-order chi connectivity index (χ0) is 14.4. The predicted molar refractivity (Wildman–Crippen MR) is 93.1 cm³/mol. The van der Waals surface area contributed by atoms with E-state index in [0.29, 0.717) is 12.1 Å². The van der Waals surface area contributed by atoms with Crippen molar-refractivity contribution in [3.05, 3.63) is 35.9 Å². The number of hydrogen-bond acceptors (Lipinski definition) is 3. The highest BCUT2D eigenvalue weighted by Gasteiger charge is 2.22. The van der Waals surface area contributed by atoms with Gasteiger partial charge in [0.2, 0.25) is 5.91 Å². The number of benzene rings is 1. The molecule has 0 saturated carbocycles. The Morgan fingerprint density at radius 1 is 1.43 bits per heavy atom. The average molecular weight is 329 g/mol. The van der Waals surface area contributed by atoms with Crippen molar-refractivity contribution in [1.82, 2.24) is 10.6 Å². The van der Waals surface area contributed by atoms with Gasteiger partial charge in [-0.05, 0) is 38.8 Å². The Hall–Kier alpha value is -0.710. The van der Waals surface area contributed by atoms with Crippen LogP contribution in [0.15, 0.2) is 30.3 Å². The van der Waals surface area contributed by atoms with Crippen LogP contribution in [-0.2, 0) is 10.5 Å². The maximum absolute atomic E-state index is 12.2. The Bertz CT molecular complexity index is 430. The molecule has 3 nitrogen and oxygen atoms in total. The molecule has 2 N–H and O–H groups in total. The smallest absolute Gasteiger partial charge is 0.233 e. The van der Waals surface area contributed by atoms with Crippen LogP contribution in [-0.4, -0.2) is 29.8 Å². The molecule has 1 aliphatic rings. The van der Waals surface area contributed by atoms with Crippen LogP contribution in [0.4, 0.5) is 0 Å². The highest BCUT2D eigenvalue weighted by Crippen LogP contribution is 2.18. The fourth-order valence-corrected chi connectivity index (χ4v) is 3.31. The number of carbonyl (C=O) groups is 1. The predicted octanol–water partition coefficient (Wildman–Crippen LogP) is 2.99. The zero-order valence-electron chi connectivity index (χ0n) is 12.7. The number of thioether (sulfide) groups is 1. The van der Waals surface area contributed by atoms with Crippen LogP contribution < -0.4 is 10.6 Å². The highest BCUT2D eigenvalue weighted by molar-refractivity contribution is 7.99. The SMILES string of the molecule is CC1CC(NC(=O)C(C)SCc2ccccc2)CCN1.Cl. The summed E-state index contributed by atoms with van der Waals surface area (Å²) in [7, 11) is 0. The molecule has 0 spiro atoms. The molecule has 21 heavy (non-hydrogen) atoms. The minimum absolute atomic E-state index is 0. The number of carbonyl (C=O) groups excluding carboxylic acids is 1. The summed E-state index contributed by atoms with van der Waals surface area (Å²) in [6, 6.07) is 11.1. The number of hydrogen-bond donors (Lipinski definition) is 2. The summed E-state index contributed by atoms with van der Waals surface area (Å²) in [6.45, 7) is 5.16. The molecule has 3 atom stereocenters. The molecule has 5 heteroatoms. The molecule has 0 radical (unpaired) electrons. The van der Waals surface area contributed by atoms with Gasteiger partial charge in [0.1, 0.15) is 0 Å². The lowest BCUT2D eigenvalue weighted by molar-refractivity contribution is -0.121. The number of amides is 1. The fraction of sp³-hybridized carbons (Fsp3) is 0.562. The summed E-state index contributed by atoms with van der Waals surface area (Å²) < 4.78 is 0. The first-order valence-corrected chi connectivity index (χ1v) is 8.39. The summed E-state index contributed by atoms with van der Waals surface area (Å²) in [5, 5.41) is 6.59. The molecule has 1 aromatic rings. The van der Waals surface area contributed by atoms with Crippen molar-refractivity contribution in [3.8, 4) is 0 Å². The Morgan fingerprint density at radius 2 is 2.14 bits per heavy atom. The molecule has 1 heterocycles. The quantitative estimate of drug-likeness (QED) is 0.873. The van der Waals surface area contributed by atoms with Gasteiger partial charge in [-0.3, -0.25) is 4.79 Å². The maximum atomic E-state index is 12.2. The molecule has 0 aliphatic carbocycles. The van der Waals surface area contributed by atoms with Crippen molar-refractivity contribution in [2.24, 2.45) is 0 Å². The van der Waals surface area contributed by atoms with Gasteiger partial charge in [0.05, 0.1) is 5.25 Å². The van der Waals surface area contributed by atoms with Crippen molar-refractivity contribution in [2.45, 2.75) is 49.8 Å². The van der Waals surface area contributed by atoms with Gasteiger partial charge in [-0.25, -0.2) is 0 Å². The number of rotatable bonds is 5. The summed E-state index contributed by atoms with van der Waals surface area (Å²) in [4.78, 5) is 12.2. The van der Waals surface area contributed by atoms with Gasteiger partial charge in [-0.1, -0.05) is 30.3 Å². The van der Waals surface area contributed by atoms with E-state index in [9.17, 15) is 4.79 Å². The minimum atomic E-state index is 0. The van der Waals surface area contributed by atoms with Crippen LogP contribution in [0.1, 0.15) is 32.3 Å². The van der Waals surface area contributed by atoms with Gasteiger partial charge in [-0.15, -0.1) is 24.2 Å². The van der Waals surface area contributed by atoms with Crippen LogP contribution >= 0.6 is 24.2 Å². The third-order valence-corrected chi connectivity index (χ3v) is 4.90. The highest BCUT2D eigenvalue weighted by atomic mass is 35.5. The van der Waals surface area contributed by atoms with Crippen LogP contribution in [0.25, 0.3) is 0 Å². The van der Waals surface area contributed by atoms with Gasteiger partial charge in [0.15, 0.2) is 0 Å². The molecule has 1 fully saturated rings. The second-order valence-corrected chi connectivity index (χ2v) is 6.85. The summed E-state index contributed by atoms with van der Waals surface area (Å²) in [6.07, 6.45) is 2.06. The first kappa shape index (κ1) is 18.3. The normalized spacial score (nSPS) is 23.0. The van der Waals surface area contributed by atoms with E-state index in [-0.39, 0.29) is 23.6 Å². The third-order valence-electron chi connectivity index (χ3n) is 3.68. The van der Waals surface area contributed by atoms with Gasteiger partial charge >= 0.3 is 0 Å². The molecule has 0 bridgehead atoms. The number of halogens is 1. The molecule has 1 aliphatic heterocycles. The molecule has 3 unspecified atom stereocenters. The number of piperidine rings is 1. The first-order valence-electron chi connectivity index (χ1n) is 7.34. The molecule has 1 saturated heterocycles. The summed E-state index contributed by atoms with van der Waals surface area (Å²) in [5.74, 6) is 1.06. The van der Waals surface area contributed by atoms with Crippen LogP contribution in [0.2, 0.25) is 0 Å². The van der Waals surface area contributed by atoms with Gasteiger partial charge in [0, 0.05) is 17.8 Å². The topological polar surface area (TPSA) is 41.1 Å². The van der Waals surface area contributed by atoms with E-state index < -0.39 is 0 Å². The maximum Gasteiger partial charge on any atom is 0.233 e. The Kier molecular flexibility index (Phi) is 8.15.